The Balaban J connectivity index is 1.39. The van der Waals surface area contributed by atoms with Crippen LogP contribution in [0.5, 0.6) is 17.4 Å². The van der Waals surface area contributed by atoms with Crippen LogP contribution in [0, 0.1) is 5.82 Å². The van der Waals surface area contributed by atoms with Gasteiger partial charge in [-0.25, -0.2) is 4.39 Å². The predicted octanol–water partition coefficient (Wildman–Crippen LogP) is 5.94. The summed E-state index contributed by atoms with van der Waals surface area (Å²) >= 11 is 0. The molecule has 4 aromatic rings. The summed E-state index contributed by atoms with van der Waals surface area (Å²) in [5.41, 5.74) is 2.71. The van der Waals surface area contributed by atoms with Gasteiger partial charge >= 0.3 is 0 Å². The number of likely N-dealkylation sites (tertiary alicyclic amines) is 1. The molecule has 0 unspecified atom stereocenters. The summed E-state index contributed by atoms with van der Waals surface area (Å²) in [4.78, 5) is 2.47. The number of piperidine rings is 1. The summed E-state index contributed by atoms with van der Waals surface area (Å²) in [6.07, 6.45) is 4.50. The van der Waals surface area contributed by atoms with Gasteiger partial charge < -0.3 is 14.6 Å². The molecular formula is C29H31FN2O3. The van der Waals surface area contributed by atoms with Crippen LogP contribution in [-0.4, -0.2) is 47.9 Å². The second kappa shape index (κ2) is 10.4. The van der Waals surface area contributed by atoms with E-state index in [1.165, 1.54) is 44.5 Å². The molecule has 0 spiro atoms. The highest BCUT2D eigenvalue weighted by Gasteiger charge is 2.19. The van der Waals surface area contributed by atoms with Crippen LogP contribution in [-0.2, 0) is 6.42 Å². The number of aromatic nitrogens is 1. The molecule has 0 atom stereocenters. The summed E-state index contributed by atoms with van der Waals surface area (Å²) < 4.78 is 26.7. The third-order valence-electron chi connectivity index (χ3n) is 6.76. The smallest absolute Gasteiger partial charge is 0.204 e. The molecule has 182 valence electrons. The molecule has 0 amide bonds. The zero-order valence-corrected chi connectivity index (χ0v) is 20.0. The third kappa shape index (κ3) is 5.13. The number of hydrogen-bond donors (Lipinski definition) is 1. The zero-order chi connectivity index (χ0) is 24.2. The maximum atomic E-state index is 13.6. The van der Waals surface area contributed by atoms with E-state index in [9.17, 15) is 9.50 Å². The molecule has 1 aliphatic rings. The van der Waals surface area contributed by atoms with Crippen molar-refractivity contribution in [2.24, 2.45) is 0 Å². The molecule has 1 saturated heterocycles. The number of rotatable bonds is 8. The maximum Gasteiger partial charge on any atom is 0.204 e. The van der Waals surface area contributed by atoms with Crippen molar-refractivity contribution in [3.05, 3.63) is 83.8 Å². The predicted molar refractivity (Wildman–Crippen MR) is 136 cm³/mol. The fraction of sp³-hybridized carbons (Fsp3) is 0.310. The molecule has 3 aromatic carbocycles. The number of aromatic hydroxyl groups is 1. The number of methoxy groups -OCH3 is 1. The first kappa shape index (κ1) is 23.2. The van der Waals surface area contributed by atoms with Crippen molar-refractivity contribution in [1.82, 2.24) is 9.47 Å². The minimum absolute atomic E-state index is 0.109. The van der Waals surface area contributed by atoms with Gasteiger partial charge in [-0.1, -0.05) is 18.6 Å². The van der Waals surface area contributed by atoms with Crippen LogP contribution in [0.15, 0.2) is 66.7 Å². The van der Waals surface area contributed by atoms with Gasteiger partial charge in [0.25, 0.3) is 0 Å². The molecule has 1 fully saturated rings. The van der Waals surface area contributed by atoms with Crippen molar-refractivity contribution < 1.29 is 19.0 Å². The SMILES string of the molecule is COc1ccc2c(Cc3ccc(OCCN4CCCCC4)cc3)n(-c3ccc(F)cc3)c(O)c2c1. The quantitative estimate of drug-likeness (QED) is 0.343. The Morgan fingerprint density at radius 3 is 2.29 bits per heavy atom. The van der Waals surface area contributed by atoms with E-state index in [1.54, 1.807) is 23.8 Å². The number of fused-ring (bicyclic) bond motifs is 1. The van der Waals surface area contributed by atoms with E-state index in [-0.39, 0.29) is 11.7 Å². The molecule has 1 aromatic heterocycles. The Kier molecular flexibility index (Phi) is 6.91. The molecular weight excluding hydrogens is 443 g/mol. The molecule has 5 rings (SSSR count). The third-order valence-corrected chi connectivity index (χ3v) is 6.76. The second-order valence-corrected chi connectivity index (χ2v) is 9.07. The average molecular weight is 475 g/mol. The second-order valence-electron chi connectivity index (χ2n) is 9.07. The Bertz CT molecular complexity index is 1280. The van der Waals surface area contributed by atoms with E-state index in [2.05, 4.69) is 17.0 Å². The minimum Gasteiger partial charge on any atom is -0.497 e. The van der Waals surface area contributed by atoms with E-state index in [0.717, 1.165) is 28.9 Å². The van der Waals surface area contributed by atoms with Crippen LogP contribution in [0.1, 0.15) is 30.5 Å². The topological polar surface area (TPSA) is 46.9 Å². The van der Waals surface area contributed by atoms with Gasteiger partial charge in [0.2, 0.25) is 5.88 Å². The molecule has 35 heavy (non-hydrogen) atoms. The van der Waals surface area contributed by atoms with Crippen molar-refractivity contribution in [3.63, 3.8) is 0 Å². The van der Waals surface area contributed by atoms with Gasteiger partial charge in [0.05, 0.1) is 7.11 Å². The molecule has 1 N–H and O–H groups in total. The molecule has 0 saturated carbocycles. The van der Waals surface area contributed by atoms with Gasteiger partial charge in [-0.05, 0) is 86.1 Å². The van der Waals surface area contributed by atoms with Crippen LogP contribution >= 0.6 is 0 Å². The van der Waals surface area contributed by atoms with E-state index < -0.39 is 0 Å². The summed E-state index contributed by atoms with van der Waals surface area (Å²) in [5.74, 6) is 1.32. The fourth-order valence-electron chi connectivity index (χ4n) is 4.87. The monoisotopic (exact) mass is 474 g/mol. The highest BCUT2D eigenvalue weighted by Crippen LogP contribution is 2.37. The summed E-state index contributed by atoms with van der Waals surface area (Å²) in [6.45, 7) is 3.99. The number of benzene rings is 3. The lowest BCUT2D eigenvalue weighted by Crippen LogP contribution is -2.33. The molecule has 1 aliphatic heterocycles. The Morgan fingerprint density at radius 2 is 1.57 bits per heavy atom. The van der Waals surface area contributed by atoms with E-state index in [4.69, 9.17) is 9.47 Å². The standard InChI is InChI=1S/C29H31FN2O3/c1-34-25-13-14-26-27(20-25)29(33)32(23-9-7-22(30)8-10-23)28(26)19-21-5-11-24(12-6-21)35-18-17-31-15-3-2-4-16-31/h5-14,20,33H,2-4,15-19H2,1H3. The Labute approximate surface area is 205 Å². The molecule has 5 nitrogen and oxygen atoms in total. The van der Waals surface area contributed by atoms with Crippen molar-refractivity contribution in [3.8, 4) is 23.1 Å². The van der Waals surface area contributed by atoms with Crippen molar-refractivity contribution in [1.29, 1.82) is 0 Å². The van der Waals surface area contributed by atoms with Crippen molar-refractivity contribution in [2.45, 2.75) is 25.7 Å². The van der Waals surface area contributed by atoms with Gasteiger partial charge in [0.1, 0.15) is 23.9 Å². The van der Waals surface area contributed by atoms with Crippen LogP contribution in [0.25, 0.3) is 16.5 Å². The summed E-state index contributed by atoms with van der Waals surface area (Å²) in [6, 6.07) is 20.0. The van der Waals surface area contributed by atoms with Crippen LogP contribution in [0.4, 0.5) is 4.39 Å². The molecule has 0 aliphatic carbocycles. The first-order valence-corrected chi connectivity index (χ1v) is 12.2. The number of ether oxygens (including phenoxy) is 2. The average Bonchev–Trinajstić information content (AvgIpc) is 3.16. The lowest BCUT2D eigenvalue weighted by atomic mass is 10.1. The zero-order valence-electron chi connectivity index (χ0n) is 20.0. The van der Waals surface area contributed by atoms with E-state index in [1.807, 2.05) is 30.3 Å². The molecule has 2 heterocycles. The van der Waals surface area contributed by atoms with Gasteiger partial charge in [-0.2, -0.15) is 0 Å². The van der Waals surface area contributed by atoms with Gasteiger partial charge in [0.15, 0.2) is 0 Å². The Morgan fingerprint density at radius 1 is 0.857 bits per heavy atom. The van der Waals surface area contributed by atoms with E-state index in [0.29, 0.717) is 29.9 Å². The molecule has 0 bridgehead atoms. The largest absolute Gasteiger partial charge is 0.497 e. The first-order chi connectivity index (χ1) is 17.1. The highest BCUT2D eigenvalue weighted by molar-refractivity contribution is 5.93. The molecule has 6 heteroatoms. The normalized spacial score (nSPS) is 14.3. The van der Waals surface area contributed by atoms with E-state index >= 15 is 0 Å². The number of nitrogens with zero attached hydrogens (tertiary/aromatic N) is 2. The van der Waals surface area contributed by atoms with Crippen LogP contribution in [0.2, 0.25) is 0 Å². The summed E-state index contributed by atoms with van der Waals surface area (Å²) in [7, 11) is 1.60. The van der Waals surface area contributed by atoms with Crippen molar-refractivity contribution in [2.75, 3.05) is 33.4 Å². The van der Waals surface area contributed by atoms with Crippen LogP contribution in [0.3, 0.4) is 0 Å². The number of hydrogen-bond acceptors (Lipinski definition) is 4. The highest BCUT2D eigenvalue weighted by atomic mass is 19.1. The molecule has 0 radical (unpaired) electrons. The van der Waals surface area contributed by atoms with Gasteiger partial charge in [-0.3, -0.25) is 9.47 Å². The maximum absolute atomic E-state index is 13.6. The fourth-order valence-corrected chi connectivity index (χ4v) is 4.87. The first-order valence-electron chi connectivity index (χ1n) is 12.2. The Hall–Kier alpha value is -3.51. The minimum atomic E-state index is -0.316. The van der Waals surface area contributed by atoms with Gasteiger partial charge in [-0.15, -0.1) is 0 Å². The van der Waals surface area contributed by atoms with Crippen LogP contribution < -0.4 is 9.47 Å². The summed E-state index contributed by atoms with van der Waals surface area (Å²) in [5, 5.41) is 12.8. The van der Waals surface area contributed by atoms with Crippen molar-refractivity contribution >= 4 is 10.8 Å². The lowest BCUT2D eigenvalue weighted by molar-refractivity contribution is 0.183. The lowest BCUT2D eigenvalue weighted by Gasteiger charge is -2.26. The van der Waals surface area contributed by atoms with Gasteiger partial charge in [0, 0.05) is 35.1 Å². The number of halogens is 1.